The predicted molar refractivity (Wildman–Crippen MR) is 103 cm³/mol. The van der Waals surface area contributed by atoms with E-state index in [0.717, 1.165) is 51.7 Å². The van der Waals surface area contributed by atoms with E-state index in [2.05, 4.69) is 44.4 Å². The van der Waals surface area contributed by atoms with Gasteiger partial charge in [0.25, 0.3) is 0 Å². The van der Waals surface area contributed by atoms with Crippen LogP contribution in [0.2, 0.25) is 0 Å². The minimum Gasteiger partial charge on any atom is -0.384 e. The van der Waals surface area contributed by atoms with Crippen LogP contribution in [0.3, 0.4) is 0 Å². The van der Waals surface area contributed by atoms with Crippen molar-refractivity contribution in [1.29, 1.82) is 0 Å². The molecule has 138 valence electrons. The highest BCUT2D eigenvalue weighted by Gasteiger charge is 2.24. The number of methoxy groups -OCH3 is 1. The van der Waals surface area contributed by atoms with Crippen LogP contribution in [0.5, 0.6) is 0 Å². The number of benzene rings is 1. The zero-order chi connectivity index (χ0) is 17.5. The molecule has 1 saturated heterocycles. The fourth-order valence-electron chi connectivity index (χ4n) is 3.98. The summed E-state index contributed by atoms with van der Waals surface area (Å²) in [4.78, 5) is 9.38. The highest BCUT2D eigenvalue weighted by atomic mass is 16.5. The molecule has 1 fully saturated rings. The molecule has 0 spiro atoms. The molecule has 5 nitrogen and oxygen atoms in total. The number of hydrogen-bond donors (Lipinski definition) is 1. The van der Waals surface area contributed by atoms with Crippen molar-refractivity contribution >= 4 is 5.96 Å². The third kappa shape index (κ3) is 4.95. The van der Waals surface area contributed by atoms with E-state index < -0.39 is 0 Å². The number of nitrogens with one attached hydrogen (secondary N) is 1. The van der Waals surface area contributed by atoms with Gasteiger partial charge in [0.15, 0.2) is 5.96 Å². The number of hydrogen-bond acceptors (Lipinski definition) is 3. The fraction of sp³-hybridized carbons (Fsp3) is 0.650. The van der Waals surface area contributed by atoms with Gasteiger partial charge in [0, 0.05) is 59.3 Å². The number of nitrogens with zero attached hydrogens (tertiary/aromatic N) is 3. The summed E-state index contributed by atoms with van der Waals surface area (Å²) in [6, 6.07) is 8.84. The Labute approximate surface area is 152 Å². The number of guanidine groups is 1. The maximum atomic E-state index is 5.29. The summed E-state index contributed by atoms with van der Waals surface area (Å²) >= 11 is 0. The van der Waals surface area contributed by atoms with Crippen LogP contribution in [-0.2, 0) is 17.7 Å². The van der Waals surface area contributed by atoms with Crippen LogP contribution in [0.15, 0.2) is 29.3 Å². The van der Waals surface area contributed by atoms with Crippen molar-refractivity contribution in [3.63, 3.8) is 0 Å². The third-order valence-corrected chi connectivity index (χ3v) is 5.34. The SMILES string of the molecule is CN=C(NCCCN1CCc2ccccc2C1)N1CCC(COC)C1. The molecule has 1 atom stereocenters. The maximum Gasteiger partial charge on any atom is 0.193 e. The zero-order valence-electron chi connectivity index (χ0n) is 15.7. The van der Waals surface area contributed by atoms with E-state index in [1.165, 1.54) is 30.5 Å². The summed E-state index contributed by atoms with van der Waals surface area (Å²) in [6.07, 6.45) is 3.53. The third-order valence-electron chi connectivity index (χ3n) is 5.34. The standard InChI is InChI=1S/C20H32N4O/c1-21-20(24-13-8-17(14-24)16-25-2)22-10-5-11-23-12-9-18-6-3-4-7-19(18)15-23/h3-4,6-7,17H,5,8-16H2,1-2H3,(H,21,22). The monoisotopic (exact) mass is 344 g/mol. The summed E-state index contributed by atoms with van der Waals surface area (Å²) < 4.78 is 5.29. The molecule has 1 unspecified atom stereocenters. The van der Waals surface area contributed by atoms with Crippen molar-refractivity contribution in [3.8, 4) is 0 Å². The van der Waals surface area contributed by atoms with Gasteiger partial charge in [-0.3, -0.25) is 9.89 Å². The lowest BCUT2D eigenvalue weighted by atomic mass is 10.00. The smallest absolute Gasteiger partial charge is 0.193 e. The second-order valence-corrected chi connectivity index (χ2v) is 7.18. The zero-order valence-corrected chi connectivity index (χ0v) is 15.7. The molecule has 3 rings (SSSR count). The van der Waals surface area contributed by atoms with E-state index in [1.54, 1.807) is 7.11 Å². The van der Waals surface area contributed by atoms with Crippen molar-refractivity contribution < 1.29 is 4.74 Å². The first-order chi connectivity index (χ1) is 12.3. The van der Waals surface area contributed by atoms with E-state index in [-0.39, 0.29) is 0 Å². The van der Waals surface area contributed by atoms with Crippen LogP contribution in [0.4, 0.5) is 0 Å². The molecular formula is C20H32N4O. The van der Waals surface area contributed by atoms with Gasteiger partial charge in [-0.2, -0.15) is 0 Å². The molecule has 1 N–H and O–H groups in total. The number of likely N-dealkylation sites (tertiary alicyclic amines) is 1. The van der Waals surface area contributed by atoms with E-state index in [0.29, 0.717) is 5.92 Å². The molecule has 2 heterocycles. The summed E-state index contributed by atoms with van der Waals surface area (Å²) in [7, 11) is 3.67. The van der Waals surface area contributed by atoms with Gasteiger partial charge >= 0.3 is 0 Å². The minimum atomic E-state index is 0.636. The van der Waals surface area contributed by atoms with Gasteiger partial charge in [-0.15, -0.1) is 0 Å². The van der Waals surface area contributed by atoms with Crippen LogP contribution in [0.25, 0.3) is 0 Å². The second kappa shape index (κ2) is 9.20. The largest absolute Gasteiger partial charge is 0.384 e. The maximum absolute atomic E-state index is 5.29. The van der Waals surface area contributed by atoms with Gasteiger partial charge < -0.3 is 15.0 Å². The van der Waals surface area contributed by atoms with Crippen molar-refractivity contribution in [2.75, 3.05) is 53.5 Å². The van der Waals surface area contributed by atoms with Gasteiger partial charge in [0.1, 0.15) is 0 Å². The highest BCUT2D eigenvalue weighted by molar-refractivity contribution is 5.80. The van der Waals surface area contributed by atoms with Gasteiger partial charge in [0.05, 0.1) is 6.61 Å². The summed E-state index contributed by atoms with van der Waals surface area (Å²) in [5.41, 5.74) is 3.02. The Morgan fingerprint density at radius 2 is 2.12 bits per heavy atom. The second-order valence-electron chi connectivity index (χ2n) is 7.18. The Balaban J connectivity index is 1.37. The first-order valence-corrected chi connectivity index (χ1v) is 9.54. The van der Waals surface area contributed by atoms with Crippen LogP contribution in [-0.4, -0.2) is 69.2 Å². The topological polar surface area (TPSA) is 40.1 Å². The molecule has 2 aliphatic heterocycles. The molecule has 0 aliphatic carbocycles. The van der Waals surface area contributed by atoms with Crippen LogP contribution in [0.1, 0.15) is 24.0 Å². The molecule has 0 bridgehead atoms. The predicted octanol–water partition coefficient (Wildman–Crippen LogP) is 1.98. The fourth-order valence-corrected chi connectivity index (χ4v) is 3.98. The lowest BCUT2D eigenvalue weighted by molar-refractivity contribution is 0.157. The van der Waals surface area contributed by atoms with Gasteiger partial charge in [-0.05, 0) is 30.4 Å². The molecule has 0 amide bonds. The van der Waals surface area contributed by atoms with E-state index >= 15 is 0 Å². The van der Waals surface area contributed by atoms with Crippen LogP contribution in [0, 0.1) is 5.92 Å². The Kier molecular flexibility index (Phi) is 6.70. The van der Waals surface area contributed by atoms with Gasteiger partial charge in [-0.1, -0.05) is 24.3 Å². The normalized spacial score (nSPS) is 21.4. The molecule has 1 aromatic rings. The molecule has 0 saturated carbocycles. The first kappa shape index (κ1) is 18.2. The number of ether oxygens (including phenoxy) is 1. The summed E-state index contributed by atoms with van der Waals surface area (Å²) in [5.74, 6) is 1.68. The van der Waals surface area contributed by atoms with Crippen LogP contribution < -0.4 is 5.32 Å². The number of aliphatic imine (C=N–C) groups is 1. The van der Waals surface area contributed by atoms with Crippen molar-refractivity contribution in [2.24, 2.45) is 10.9 Å². The van der Waals surface area contributed by atoms with Crippen LogP contribution >= 0.6 is 0 Å². The average Bonchev–Trinajstić information content (AvgIpc) is 3.10. The molecule has 2 aliphatic rings. The minimum absolute atomic E-state index is 0.636. The highest BCUT2D eigenvalue weighted by Crippen LogP contribution is 2.18. The summed E-state index contributed by atoms with van der Waals surface area (Å²) in [5, 5.41) is 3.54. The number of fused-ring (bicyclic) bond motifs is 1. The first-order valence-electron chi connectivity index (χ1n) is 9.54. The average molecular weight is 345 g/mol. The van der Waals surface area contributed by atoms with E-state index in [4.69, 9.17) is 4.74 Å². The Bertz CT molecular complexity index is 575. The van der Waals surface area contributed by atoms with Crippen molar-refractivity contribution in [2.45, 2.75) is 25.8 Å². The van der Waals surface area contributed by atoms with Gasteiger partial charge in [-0.25, -0.2) is 0 Å². The van der Waals surface area contributed by atoms with Crippen molar-refractivity contribution in [1.82, 2.24) is 15.1 Å². The summed E-state index contributed by atoms with van der Waals surface area (Å²) in [6.45, 7) is 7.38. The lowest BCUT2D eigenvalue weighted by Gasteiger charge is -2.29. The number of rotatable bonds is 6. The lowest BCUT2D eigenvalue weighted by Crippen LogP contribution is -2.41. The molecular weight excluding hydrogens is 312 g/mol. The Morgan fingerprint density at radius 3 is 2.92 bits per heavy atom. The van der Waals surface area contributed by atoms with Crippen molar-refractivity contribution in [3.05, 3.63) is 35.4 Å². The molecule has 25 heavy (non-hydrogen) atoms. The van der Waals surface area contributed by atoms with Gasteiger partial charge in [0.2, 0.25) is 0 Å². The molecule has 0 aromatic heterocycles. The van der Waals surface area contributed by atoms with E-state index in [9.17, 15) is 0 Å². The molecule has 5 heteroatoms. The Hall–Kier alpha value is -1.59. The molecule has 0 radical (unpaired) electrons. The molecule has 1 aromatic carbocycles. The van der Waals surface area contributed by atoms with E-state index in [1.807, 2.05) is 7.05 Å². The quantitative estimate of drug-likeness (QED) is 0.487. The Morgan fingerprint density at radius 1 is 1.28 bits per heavy atom.